The van der Waals surface area contributed by atoms with E-state index in [9.17, 15) is 4.79 Å². The van der Waals surface area contributed by atoms with Crippen molar-refractivity contribution in [2.45, 2.75) is 0 Å². The van der Waals surface area contributed by atoms with E-state index < -0.39 is 0 Å². The fraction of sp³-hybridized carbons (Fsp3) is 0. The first kappa shape index (κ1) is 21.0. The Morgan fingerprint density at radius 3 is 2.61 bits per heavy atom. The molecule has 0 saturated heterocycles. The number of carbonyl (C=O) groups excluding carboxylic acids is 1. The number of hydrogen-bond donors (Lipinski definition) is 1. The molecule has 1 amide bonds. The Labute approximate surface area is 198 Å². The number of furan rings is 1. The van der Waals surface area contributed by atoms with Gasteiger partial charge in [0.15, 0.2) is 11.2 Å². The summed E-state index contributed by atoms with van der Waals surface area (Å²) in [6.45, 7) is 0. The van der Waals surface area contributed by atoms with Crippen molar-refractivity contribution in [2.24, 2.45) is 0 Å². The number of carbonyl (C=O) groups is 1. The van der Waals surface area contributed by atoms with E-state index in [1.54, 1.807) is 54.7 Å². The average molecular weight is 476 g/mol. The van der Waals surface area contributed by atoms with Crippen molar-refractivity contribution in [1.29, 1.82) is 0 Å². The third-order valence-corrected chi connectivity index (χ3v) is 5.63. The highest BCUT2D eigenvalue weighted by Crippen LogP contribution is 2.34. The van der Waals surface area contributed by atoms with Crippen LogP contribution in [0.4, 0.5) is 5.69 Å². The molecule has 0 unspecified atom stereocenters. The minimum absolute atomic E-state index is 0.299. The van der Waals surface area contributed by atoms with Crippen molar-refractivity contribution >= 4 is 52.1 Å². The standard InChI is InChI=1S/C25H15Cl2N3O3/c26-19-4-1-3-18(23(19)27)20-12-10-17(32-20)11-13-22(31)29-16-8-6-15(7-9-16)25-30-24-21(33-25)5-2-14-28-24/h1-14H,(H,29,31)/b13-11+. The SMILES string of the molecule is O=C(/C=C/c1ccc(-c2cccc(Cl)c2Cl)o1)Nc1ccc(-c2nc3ncccc3o2)cc1. The molecule has 6 nitrogen and oxygen atoms in total. The van der Waals surface area contributed by atoms with Gasteiger partial charge < -0.3 is 14.2 Å². The molecule has 5 rings (SSSR count). The molecule has 2 aromatic carbocycles. The molecule has 0 atom stereocenters. The second kappa shape index (κ2) is 8.94. The van der Waals surface area contributed by atoms with E-state index in [0.29, 0.717) is 49.9 Å². The van der Waals surface area contributed by atoms with Crippen LogP contribution >= 0.6 is 23.2 Å². The quantitative estimate of drug-likeness (QED) is 0.274. The monoisotopic (exact) mass is 475 g/mol. The van der Waals surface area contributed by atoms with Crippen LogP contribution in [0.2, 0.25) is 10.0 Å². The van der Waals surface area contributed by atoms with Gasteiger partial charge in [0.2, 0.25) is 11.8 Å². The number of nitrogens with one attached hydrogen (secondary N) is 1. The summed E-state index contributed by atoms with van der Waals surface area (Å²) in [5.41, 5.74) is 3.27. The lowest BCUT2D eigenvalue weighted by molar-refractivity contribution is -0.111. The number of aromatic nitrogens is 2. The predicted octanol–water partition coefficient (Wildman–Crippen LogP) is 7.11. The summed E-state index contributed by atoms with van der Waals surface area (Å²) in [4.78, 5) is 20.9. The third-order valence-electron chi connectivity index (χ3n) is 4.81. The van der Waals surface area contributed by atoms with Gasteiger partial charge in [0, 0.05) is 29.1 Å². The first-order valence-corrected chi connectivity index (χ1v) is 10.7. The fourth-order valence-corrected chi connectivity index (χ4v) is 3.61. The highest BCUT2D eigenvalue weighted by molar-refractivity contribution is 6.43. The molecule has 0 bridgehead atoms. The molecule has 33 heavy (non-hydrogen) atoms. The summed E-state index contributed by atoms with van der Waals surface area (Å²) in [7, 11) is 0. The van der Waals surface area contributed by atoms with Crippen LogP contribution in [0.15, 0.2) is 87.8 Å². The summed E-state index contributed by atoms with van der Waals surface area (Å²) in [6.07, 6.45) is 4.64. The van der Waals surface area contributed by atoms with Crippen molar-refractivity contribution in [3.63, 3.8) is 0 Å². The number of hydrogen-bond acceptors (Lipinski definition) is 5. The molecule has 0 aliphatic carbocycles. The zero-order chi connectivity index (χ0) is 22.8. The minimum atomic E-state index is -0.299. The third kappa shape index (κ3) is 4.53. The van der Waals surface area contributed by atoms with Crippen molar-refractivity contribution in [3.8, 4) is 22.8 Å². The van der Waals surface area contributed by atoms with Crippen molar-refractivity contribution in [2.75, 3.05) is 5.32 Å². The van der Waals surface area contributed by atoms with Gasteiger partial charge in [-0.3, -0.25) is 4.79 Å². The van der Waals surface area contributed by atoms with Crippen molar-refractivity contribution in [3.05, 3.63) is 94.8 Å². The summed E-state index contributed by atoms with van der Waals surface area (Å²) in [5.74, 6) is 1.24. The molecule has 3 aromatic heterocycles. The summed E-state index contributed by atoms with van der Waals surface area (Å²) in [6, 6.07) is 19.6. The van der Waals surface area contributed by atoms with E-state index in [1.807, 2.05) is 24.3 Å². The lowest BCUT2D eigenvalue weighted by Crippen LogP contribution is -2.07. The number of rotatable bonds is 5. The molecule has 5 aromatic rings. The van der Waals surface area contributed by atoms with Gasteiger partial charge in [-0.25, -0.2) is 4.98 Å². The van der Waals surface area contributed by atoms with Gasteiger partial charge >= 0.3 is 0 Å². The van der Waals surface area contributed by atoms with E-state index in [0.717, 1.165) is 5.56 Å². The smallest absolute Gasteiger partial charge is 0.248 e. The molecule has 0 aliphatic heterocycles. The molecular weight excluding hydrogens is 461 g/mol. The second-order valence-electron chi connectivity index (χ2n) is 7.05. The largest absolute Gasteiger partial charge is 0.457 e. The first-order chi connectivity index (χ1) is 16.1. The van der Waals surface area contributed by atoms with Crippen molar-refractivity contribution in [1.82, 2.24) is 9.97 Å². The zero-order valence-corrected chi connectivity index (χ0v) is 18.5. The van der Waals surface area contributed by atoms with E-state index in [2.05, 4.69) is 15.3 Å². The maximum atomic E-state index is 12.3. The maximum Gasteiger partial charge on any atom is 0.248 e. The Balaban J connectivity index is 1.25. The van der Waals surface area contributed by atoms with Crippen LogP contribution in [0, 0.1) is 0 Å². The van der Waals surface area contributed by atoms with E-state index in [4.69, 9.17) is 32.0 Å². The van der Waals surface area contributed by atoms with Crippen LogP contribution in [0.25, 0.3) is 40.1 Å². The molecule has 162 valence electrons. The highest BCUT2D eigenvalue weighted by atomic mass is 35.5. The normalized spacial score (nSPS) is 11.3. The second-order valence-corrected chi connectivity index (χ2v) is 7.83. The van der Waals surface area contributed by atoms with Gasteiger partial charge in [0.25, 0.3) is 0 Å². The van der Waals surface area contributed by atoms with E-state index >= 15 is 0 Å². The Bertz CT molecular complexity index is 1450. The van der Waals surface area contributed by atoms with E-state index in [-0.39, 0.29) is 5.91 Å². The minimum Gasteiger partial charge on any atom is -0.457 e. The average Bonchev–Trinajstić information content (AvgIpc) is 3.47. The summed E-state index contributed by atoms with van der Waals surface area (Å²) in [5, 5.41) is 3.66. The van der Waals surface area contributed by atoms with Gasteiger partial charge in [0.05, 0.1) is 10.0 Å². The van der Waals surface area contributed by atoms with Crippen LogP contribution in [-0.4, -0.2) is 15.9 Å². The number of anilines is 1. The molecule has 1 N–H and O–H groups in total. The van der Waals surface area contributed by atoms with E-state index in [1.165, 1.54) is 6.08 Å². The highest BCUT2D eigenvalue weighted by Gasteiger charge is 2.11. The molecule has 8 heteroatoms. The number of nitrogens with zero attached hydrogens (tertiary/aromatic N) is 2. The van der Waals surface area contributed by atoms with Gasteiger partial charge in [-0.1, -0.05) is 29.3 Å². The van der Waals surface area contributed by atoms with Crippen LogP contribution in [0.1, 0.15) is 5.76 Å². The predicted molar refractivity (Wildman–Crippen MR) is 129 cm³/mol. The lowest BCUT2D eigenvalue weighted by atomic mass is 10.2. The van der Waals surface area contributed by atoms with Crippen LogP contribution < -0.4 is 5.32 Å². The molecular formula is C25H15Cl2N3O3. The number of fused-ring (bicyclic) bond motifs is 1. The Morgan fingerprint density at radius 2 is 1.79 bits per heavy atom. The maximum absolute atomic E-state index is 12.3. The topological polar surface area (TPSA) is 81.2 Å². The number of amides is 1. The molecule has 0 spiro atoms. The molecule has 0 radical (unpaired) electrons. The molecule has 0 aliphatic rings. The Kier molecular flexibility index (Phi) is 5.69. The number of halogens is 2. The number of benzene rings is 2. The van der Waals surface area contributed by atoms with Gasteiger partial charge in [0.1, 0.15) is 11.5 Å². The lowest BCUT2D eigenvalue weighted by Gasteiger charge is -2.03. The first-order valence-electron chi connectivity index (χ1n) is 9.92. The Hall–Kier alpha value is -3.87. The van der Waals surface area contributed by atoms with Crippen LogP contribution in [-0.2, 0) is 4.79 Å². The number of oxazole rings is 1. The summed E-state index contributed by atoms with van der Waals surface area (Å²) < 4.78 is 11.5. The summed E-state index contributed by atoms with van der Waals surface area (Å²) >= 11 is 12.3. The van der Waals surface area contributed by atoms with Gasteiger partial charge in [-0.2, -0.15) is 4.98 Å². The van der Waals surface area contributed by atoms with Crippen LogP contribution in [0.5, 0.6) is 0 Å². The Morgan fingerprint density at radius 1 is 0.939 bits per heavy atom. The molecule has 3 heterocycles. The fourth-order valence-electron chi connectivity index (χ4n) is 3.21. The molecule has 0 saturated carbocycles. The van der Waals surface area contributed by atoms with Gasteiger partial charge in [-0.05, 0) is 66.7 Å². The van der Waals surface area contributed by atoms with Gasteiger partial charge in [-0.15, -0.1) is 0 Å². The van der Waals surface area contributed by atoms with Crippen LogP contribution in [0.3, 0.4) is 0 Å². The zero-order valence-electron chi connectivity index (χ0n) is 17.0. The number of pyridine rings is 1. The molecule has 0 fully saturated rings. The van der Waals surface area contributed by atoms with Crippen molar-refractivity contribution < 1.29 is 13.6 Å².